The van der Waals surface area contributed by atoms with E-state index < -0.39 is 5.97 Å². The van der Waals surface area contributed by atoms with Gasteiger partial charge in [-0.3, -0.25) is 0 Å². The number of esters is 1. The van der Waals surface area contributed by atoms with Crippen molar-refractivity contribution in [3.05, 3.63) is 45.7 Å². The molecule has 0 aliphatic heterocycles. The Bertz CT molecular complexity index is 551. The molecule has 0 atom stereocenters. The van der Waals surface area contributed by atoms with Gasteiger partial charge in [0.05, 0.1) is 19.0 Å². The number of carbonyl (C=O) groups excluding carboxylic acids is 1. The minimum atomic E-state index is -0.433. The fourth-order valence-corrected chi connectivity index (χ4v) is 2.03. The molecule has 0 unspecified atom stereocenters. The van der Waals surface area contributed by atoms with Crippen molar-refractivity contribution in [2.75, 3.05) is 7.11 Å². The third-order valence-electron chi connectivity index (χ3n) is 2.19. The van der Waals surface area contributed by atoms with Gasteiger partial charge >= 0.3 is 5.97 Å². The van der Waals surface area contributed by atoms with E-state index >= 15 is 0 Å². The highest BCUT2D eigenvalue weighted by molar-refractivity contribution is 9.10. The Labute approximate surface area is 111 Å². The van der Waals surface area contributed by atoms with Crippen molar-refractivity contribution in [1.82, 2.24) is 9.78 Å². The van der Waals surface area contributed by atoms with Crippen LogP contribution >= 0.6 is 27.5 Å². The van der Waals surface area contributed by atoms with Gasteiger partial charge in [-0.25, -0.2) is 9.48 Å². The van der Waals surface area contributed by atoms with Crippen molar-refractivity contribution >= 4 is 33.5 Å². The topological polar surface area (TPSA) is 44.1 Å². The van der Waals surface area contributed by atoms with Crippen molar-refractivity contribution in [3.8, 4) is 5.69 Å². The summed E-state index contributed by atoms with van der Waals surface area (Å²) in [5.74, 6) is -0.433. The second-order valence-corrected chi connectivity index (χ2v) is 4.42. The number of nitrogens with zero attached hydrogens (tertiary/aromatic N) is 2. The molecular formula is C11H8BrClN2O2. The van der Waals surface area contributed by atoms with Gasteiger partial charge < -0.3 is 4.74 Å². The summed E-state index contributed by atoms with van der Waals surface area (Å²) in [4.78, 5) is 11.4. The number of halogens is 2. The molecule has 0 amide bonds. The Morgan fingerprint density at radius 3 is 2.65 bits per heavy atom. The molecule has 0 saturated carbocycles. The zero-order chi connectivity index (χ0) is 12.4. The summed E-state index contributed by atoms with van der Waals surface area (Å²) < 4.78 is 6.78. The molecule has 1 heterocycles. The van der Waals surface area contributed by atoms with E-state index in [1.807, 2.05) is 0 Å². The monoisotopic (exact) mass is 314 g/mol. The van der Waals surface area contributed by atoms with Gasteiger partial charge in [-0.05, 0) is 40.2 Å². The molecule has 0 aliphatic rings. The maximum Gasteiger partial charge on any atom is 0.342 e. The average Bonchev–Trinajstić information content (AvgIpc) is 2.71. The molecule has 6 heteroatoms. The van der Waals surface area contributed by atoms with E-state index in [0.29, 0.717) is 15.2 Å². The summed E-state index contributed by atoms with van der Waals surface area (Å²) in [6, 6.07) is 7.12. The van der Waals surface area contributed by atoms with E-state index in [9.17, 15) is 4.79 Å². The van der Waals surface area contributed by atoms with E-state index in [1.165, 1.54) is 13.3 Å². The lowest BCUT2D eigenvalue weighted by Crippen LogP contribution is -2.02. The Balaban J connectivity index is 2.44. The lowest BCUT2D eigenvalue weighted by molar-refractivity contribution is 0.0599. The normalized spacial score (nSPS) is 10.3. The van der Waals surface area contributed by atoms with Crippen molar-refractivity contribution in [2.24, 2.45) is 0 Å². The largest absolute Gasteiger partial charge is 0.465 e. The first kappa shape index (κ1) is 12.1. The van der Waals surface area contributed by atoms with Crippen LogP contribution in [0.2, 0.25) is 5.02 Å². The summed E-state index contributed by atoms with van der Waals surface area (Å²) in [7, 11) is 1.33. The number of carbonyl (C=O) groups is 1. The van der Waals surface area contributed by atoms with E-state index in [1.54, 1.807) is 28.9 Å². The van der Waals surface area contributed by atoms with Crippen molar-refractivity contribution in [3.63, 3.8) is 0 Å². The van der Waals surface area contributed by atoms with E-state index in [0.717, 1.165) is 5.69 Å². The van der Waals surface area contributed by atoms with Crippen LogP contribution in [0.15, 0.2) is 35.1 Å². The quantitative estimate of drug-likeness (QED) is 0.800. The molecule has 0 aliphatic carbocycles. The van der Waals surface area contributed by atoms with Crippen LogP contribution in [-0.2, 0) is 4.74 Å². The predicted octanol–water partition coefficient (Wildman–Crippen LogP) is 3.07. The number of hydrogen-bond acceptors (Lipinski definition) is 3. The van der Waals surface area contributed by atoms with Gasteiger partial charge in [0.25, 0.3) is 0 Å². The summed E-state index contributed by atoms with van der Waals surface area (Å²) in [5.41, 5.74) is 1.18. The van der Waals surface area contributed by atoms with Gasteiger partial charge in [0.1, 0.15) is 10.2 Å². The molecule has 1 aromatic heterocycles. The minimum Gasteiger partial charge on any atom is -0.465 e. The smallest absolute Gasteiger partial charge is 0.342 e. The van der Waals surface area contributed by atoms with Crippen molar-refractivity contribution < 1.29 is 9.53 Å². The Hall–Kier alpha value is -1.33. The second-order valence-electron chi connectivity index (χ2n) is 3.23. The fourth-order valence-electron chi connectivity index (χ4n) is 1.34. The van der Waals surface area contributed by atoms with E-state index in [2.05, 4.69) is 25.8 Å². The molecule has 4 nitrogen and oxygen atoms in total. The first-order valence-corrected chi connectivity index (χ1v) is 5.88. The van der Waals surface area contributed by atoms with Crippen molar-refractivity contribution in [1.29, 1.82) is 0 Å². The van der Waals surface area contributed by atoms with Crippen LogP contribution in [0, 0.1) is 0 Å². The van der Waals surface area contributed by atoms with Crippen LogP contribution in [-0.4, -0.2) is 22.9 Å². The molecule has 0 bridgehead atoms. The van der Waals surface area contributed by atoms with Gasteiger partial charge in [0, 0.05) is 5.02 Å². The van der Waals surface area contributed by atoms with Gasteiger partial charge in [-0.1, -0.05) is 11.6 Å². The number of rotatable bonds is 2. The standard InChI is InChI=1S/C11H8BrClN2O2/c1-17-11(16)9-6-14-15(10(9)12)8-4-2-7(13)3-5-8/h2-6H,1H3. The maximum atomic E-state index is 11.4. The highest BCUT2D eigenvalue weighted by Gasteiger charge is 2.16. The molecule has 0 fully saturated rings. The van der Waals surface area contributed by atoms with Gasteiger partial charge in [0.2, 0.25) is 0 Å². The summed E-state index contributed by atoms with van der Waals surface area (Å²) in [6.07, 6.45) is 1.45. The highest BCUT2D eigenvalue weighted by Crippen LogP contribution is 2.22. The first-order chi connectivity index (χ1) is 8.13. The molecule has 2 rings (SSSR count). The molecular weight excluding hydrogens is 307 g/mol. The van der Waals surface area contributed by atoms with Crippen molar-refractivity contribution in [2.45, 2.75) is 0 Å². The fraction of sp³-hybridized carbons (Fsp3) is 0.0909. The molecule has 88 valence electrons. The van der Waals surface area contributed by atoms with Crippen LogP contribution in [0.3, 0.4) is 0 Å². The summed E-state index contributed by atoms with van der Waals surface area (Å²) in [5, 5.41) is 4.75. The van der Waals surface area contributed by atoms with Gasteiger partial charge in [0.15, 0.2) is 0 Å². The molecule has 0 saturated heterocycles. The molecule has 1 aromatic carbocycles. The molecule has 0 radical (unpaired) electrons. The number of benzene rings is 1. The third kappa shape index (κ3) is 2.35. The zero-order valence-corrected chi connectivity index (χ0v) is 11.2. The maximum absolute atomic E-state index is 11.4. The molecule has 2 aromatic rings. The average molecular weight is 316 g/mol. The van der Waals surface area contributed by atoms with E-state index in [4.69, 9.17) is 11.6 Å². The number of aromatic nitrogens is 2. The predicted molar refractivity (Wildman–Crippen MR) is 67.6 cm³/mol. The van der Waals surface area contributed by atoms with Crippen LogP contribution in [0.25, 0.3) is 5.69 Å². The summed E-state index contributed by atoms with van der Waals surface area (Å²) >= 11 is 9.12. The Morgan fingerprint density at radius 2 is 2.06 bits per heavy atom. The Morgan fingerprint density at radius 1 is 1.41 bits per heavy atom. The SMILES string of the molecule is COC(=O)c1cnn(-c2ccc(Cl)cc2)c1Br. The van der Waals surface area contributed by atoms with E-state index in [-0.39, 0.29) is 0 Å². The highest BCUT2D eigenvalue weighted by atomic mass is 79.9. The molecule has 0 N–H and O–H groups in total. The third-order valence-corrected chi connectivity index (χ3v) is 3.20. The molecule has 0 spiro atoms. The van der Waals surface area contributed by atoms with Crippen LogP contribution in [0.4, 0.5) is 0 Å². The number of ether oxygens (including phenoxy) is 1. The van der Waals surface area contributed by atoms with Crippen LogP contribution < -0.4 is 0 Å². The Kier molecular flexibility index (Phi) is 3.49. The number of methoxy groups -OCH3 is 1. The van der Waals surface area contributed by atoms with Gasteiger partial charge in [-0.2, -0.15) is 5.10 Å². The van der Waals surface area contributed by atoms with Crippen LogP contribution in [0.5, 0.6) is 0 Å². The summed E-state index contributed by atoms with van der Waals surface area (Å²) in [6.45, 7) is 0. The second kappa shape index (κ2) is 4.89. The van der Waals surface area contributed by atoms with Gasteiger partial charge in [-0.15, -0.1) is 0 Å². The number of hydrogen-bond donors (Lipinski definition) is 0. The molecule has 17 heavy (non-hydrogen) atoms. The van der Waals surface area contributed by atoms with Crippen LogP contribution in [0.1, 0.15) is 10.4 Å². The lowest BCUT2D eigenvalue weighted by Gasteiger charge is -2.03. The first-order valence-electron chi connectivity index (χ1n) is 4.71. The lowest BCUT2D eigenvalue weighted by atomic mass is 10.3. The zero-order valence-electron chi connectivity index (χ0n) is 8.85. The minimum absolute atomic E-state index is 0.377.